The molecule has 0 fully saturated rings. The molecule has 3 heteroatoms. The molecule has 0 unspecified atom stereocenters. The molecule has 20 heavy (non-hydrogen) atoms. The fourth-order valence-corrected chi connectivity index (χ4v) is 8.76. The van der Waals surface area contributed by atoms with Crippen molar-refractivity contribution >= 4 is 8.32 Å². The summed E-state index contributed by atoms with van der Waals surface area (Å²) in [5.41, 5.74) is 3.68. The number of hydrogen-bond donors (Lipinski definition) is 1. The molecule has 0 radical (unpaired) electrons. The largest absolute Gasteiger partial charge is 0.542 e. The van der Waals surface area contributed by atoms with Crippen molar-refractivity contribution in [3.63, 3.8) is 0 Å². The molecule has 0 saturated heterocycles. The minimum atomic E-state index is -1.94. The van der Waals surface area contributed by atoms with E-state index < -0.39 is 8.32 Å². The zero-order valence-corrected chi connectivity index (χ0v) is 15.0. The number of hydrogen-bond acceptors (Lipinski definition) is 2. The molecular weight excluding hydrogens is 264 g/mol. The topological polar surface area (TPSA) is 29.5 Å². The second kappa shape index (κ2) is 6.77. The van der Waals surface area contributed by atoms with Crippen LogP contribution in [-0.4, -0.2) is 13.4 Å². The Bertz CT molecular complexity index is 417. The third-order valence-electron chi connectivity index (χ3n) is 4.38. The first-order valence-corrected chi connectivity index (χ1v) is 9.79. The Kier molecular flexibility index (Phi) is 5.84. The second-order valence-electron chi connectivity index (χ2n) is 6.69. The van der Waals surface area contributed by atoms with Crippen molar-refractivity contribution < 1.29 is 9.53 Å². The summed E-state index contributed by atoms with van der Waals surface area (Å²) in [7, 11) is -1.94. The molecule has 0 bridgehead atoms. The van der Waals surface area contributed by atoms with Crippen LogP contribution in [0.3, 0.4) is 0 Å². The predicted molar refractivity (Wildman–Crippen MR) is 88.8 cm³/mol. The summed E-state index contributed by atoms with van der Waals surface area (Å²) >= 11 is 0. The van der Waals surface area contributed by atoms with E-state index in [-0.39, 0.29) is 6.61 Å². The summed E-state index contributed by atoms with van der Waals surface area (Å²) in [5, 5.41) is 9.59. The third-order valence-corrected chi connectivity index (χ3v) is 10.4. The Morgan fingerprint density at radius 2 is 1.50 bits per heavy atom. The van der Waals surface area contributed by atoms with Crippen molar-refractivity contribution in [2.45, 2.75) is 71.7 Å². The number of aliphatic hydroxyl groups excluding tert-OH is 1. The van der Waals surface area contributed by atoms with Crippen LogP contribution in [0.2, 0.25) is 16.6 Å². The van der Waals surface area contributed by atoms with Crippen molar-refractivity contribution in [1.82, 2.24) is 0 Å². The van der Waals surface area contributed by atoms with E-state index in [1.165, 1.54) is 0 Å². The van der Waals surface area contributed by atoms with Gasteiger partial charge in [0.05, 0.1) is 6.61 Å². The number of rotatable bonds is 6. The fraction of sp³-hybridized carbons (Fsp3) is 0.647. The van der Waals surface area contributed by atoms with Gasteiger partial charge in [0.25, 0.3) is 8.32 Å². The molecular formula is C17H30O2Si. The molecule has 0 aromatic heterocycles. The Labute approximate surface area is 125 Å². The first-order chi connectivity index (χ1) is 9.25. The highest BCUT2D eigenvalue weighted by Crippen LogP contribution is 2.43. The molecule has 0 saturated carbocycles. The average molecular weight is 295 g/mol. The van der Waals surface area contributed by atoms with E-state index in [9.17, 15) is 5.11 Å². The first-order valence-electron chi connectivity index (χ1n) is 7.65. The molecule has 0 aliphatic rings. The maximum Gasteiger partial charge on any atom is 0.258 e. The molecule has 1 N–H and O–H groups in total. The highest BCUT2D eigenvalue weighted by Gasteiger charge is 2.47. The lowest BCUT2D eigenvalue weighted by atomic mass is 10.1. The summed E-state index contributed by atoms with van der Waals surface area (Å²) < 4.78 is 6.64. The van der Waals surface area contributed by atoms with Crippen molar-refractivity contribution in [2.75, 3.05) is 0 Å². The Morgan fingerprint density at radius 1 is 1.00 bits per heavy atom. The van der Waals surface area contributed by atoms with E-state index in [1.807, 2.05) is 19.1 Å². The van der Waals surface area contributed by atoms with Crippen molar-refractivity contribution in [3.8, 4) is 5.75 Å². The molecule has 0 aliphatic carbocycles. The van der Waals surface area contributed by atoms with Gasteiger partial charge in [0, 0.05) is 5.56 Å². The molecule has 0 heterocycles. The van der Waals surface area contributed by atoms with Crippen LogP contribution in [0.25, 0.3) is 0 Å². The standard InChI is InChI=1S/C17H30O2Si/c1-12(2)20(13(3)4,14(5)6)19-17-9-8-15(7)10-16(17)11-18/h8-10,12-14,18H,11H2,1-7H3. The quantitative estimate of drug-likeness (QED) is 0.745. The van der Waals surface area contributed by atoms with E-state index in [4.69, 9.17) is 4.43 Å². The maximum absolute atomic E-state index is 9.59. The van der Waals surface area contributed by atoms with E-state index >= 15 is 0 Å². The van der Waals surface area contributed by atoms with Gasteiger partial charge < -0.3 is 9.53 Å². The lowest BCUT2D eigenvalue weighted by Crippen LogP contribution is -2.50. The average Bonchev–Trinajstić information content (AvgIpc) is 2.35. The van der Waals surface area contributed by atoms with Gasteiger partial charge in [-0.15, -0.1) is 0 Å². The summed E-state index contributed by atoms with van der Waals surface area (Å²) in [4.78, 5) is 0. The molecule has 1 aromatic carbocycles. The molecule has 2 nitrogen and oxygen atoms in total. The summed E-state index contributed by atoms with van der Waals surface area (Å²) in [5.74, 6) is 0.876. The van der Waals surface area contributed by atoms with Crippen LogP contribution in [0, 0.1) is 6.92 Å². The van der Waals surface area contributed by atoms with Crippen LogP contribution in [-0.2, 0) is 6.61 Å². The van der Waals surface area contributed by atoms with Crippen molar-refractivity contribution in [1.29, 1.82) is 0 Å². The maximum atomic E-state index is 9.59. The number of aryl methyl sites for hydroxylation is 1. The molecule has 1 rings (SSSR count). The van der Waals surface area contributed by atoms with Crippen LogP contribution in [0.4, 0.5) is 0 Å². The van der Waals surface area contributed by atoms with Crippen LogP contribution >= 0.6 is 0 Å². The van der Waals surface area contributed by atoms with E-state index in [1.54, 1.807) is 0 Å². The number of aliphatic hydroxyl groups is 1. The van der Waals surface area contributed by atoms with Crippen LogP contribution < -0.4 is 4.43 Å². The van der Waals surface area contributed by atoms with Gasteiger partial charge in [0.2, 0.25) is 0 Å². The van der Waals surface area contributed by atoms with Gasteiger partial charge in [0.1, 0.15) is 5.75 Å². The van der Waals surface area contributed by atoms with Crippen LogP contribution in [0.5, 0.6) is 5.75 Å². The Morgan fingerprint density at radius 3 is 1.90 bits per heavy atom. The third kappa shape index (κ3) is 3.26. The zero-order chi connectivity index (χ0) is 15.5. The highest BCUT2D eigenvalue weighted by molar-refractivity contribution is 6.78. The smallest absolute Gasteiger partial charge is 0.258 e. The van der Waals surface area contributed by atoms with E-state index in [0.29, 0.717) is 16.6 Å². The Hall–Kier alpha value is -0.803. The van der Waals surface area contributed by atoms with Gasteiger partial charge in [-0.05, 0) is 29.6 Å². The van der Waals surface area contributed by atoms with Gasteiger partial charge >= 0.3 is 0 Å². The van der Waals surface area contributed by atoms with Crippen LogP contribution in [0.15, 0.2) is 18.2 Å². The zero-order valence-electron chi connectivity index (χ0n) is 14.0. The van der Waals surface area contributed by atoms with Gasteiger partial charge in [-0.2, -0.15) is 0 Å². The first kappa shape index (κ1) is 17.2. The molecule has 114 valence electrons. The van der Waals surface area contributed by atoms with Crippen LogP contribution in [0.1, 0.15) is 52.7 Å². The fourth-order valence-electron chi connectivity index (χ4n) is 3.48. The summed E-state index contributed by atoms with van der Waals surface area (Å²) in [6, 6.07) is 6.11. The lowest BCUT2D eigenvalue weighted by molar-refractivity contribution is 0.277. The van der Waals surface area contributed by atoms with Gasteiger partial charge in [-0.3, -0.25) is 0 Å². The summed E-state index contributed by atoms with van der Waals surface area (Å²) in [6.07, 6.45) is 0. The van der Waals surface area contributed by atoms with E-state index in [2.05, 4.69) is 47.6 Å². The predicted octanol–water partition coefficient (Wildman–Crippen LogP) is 5.04. The molecule has 0 spiro atoms. The van der Waals surface area contributed by atoms with E-state index in [0.717, 1.165) is 16.9 Å². The molecule has 0 amide bonds. The molecule has 1 aromatic rings. The van der Waals surface area contributed by atoms with Gasteiger partial charge in [-0.1, -0.05) is 59.2 Å². The number of benzene rings is 1. The minimum Gasteiger partial charge on any atom is -0.542 e. The van der Waals surface area contributed by atoms with Gasteiger partial charge in [0.15, 0.2) is 0 Å². The monoisotopic (exact) mass is 294 g/mol. The lowest BCUT2D eigenvalue weighted by Gasteiger charge is -2.42. The minimum absolute atomic E-state index is 0.0375. The molecule has 0 atom stereocenters. The highest BCUT2D eigenvalue weighted by atomic mass is 28.4. The molecule has 0 aliphatic heterocycles. The summed E-state index contributed by atoms with van der Waals surface area (Å²) in [6.45, 7) is 15.7. The SMILES string of the molecule is Cc1ccc(O[Si](C(C)C)(C(C)C)C(C)C)c(CO)c1. The van der Waals surface area contributed by atoms with Crippen molar-refractivity contribution in [2.24, 2.45) is 0 Å². The second-order valence-corrected chi connectivity index (χ2v) is 12.1. The Balaban J connectivity index is 3.26. The van der Waals surface area contributed by atoms with Gasteiger partial charge in [-0.25, -0.2) is 0 Å². The normalized spacial score (nSPS) is 12.6. The van der Waals surface area contributed by atoms with Crippen molar-refractivity contribution in [3.05, 3.63) is 29.3 Å².